The van der Waals surface area contributed by atoms with Gasteiger partial charge in [0.1, 0.15) is 17.2 Å². The van der Waals surface area contributed by atoms with Crippen LogP contribution in [0.1, 0.15) is 22.3 Å². The van der Waals surface area contributed by atoms with Gasteiger partial charge in [0.25, 0.3) is 5.91 Å². The molecule has 9 heteroatoms. The standard InChI is InChI=1S/C30H24F3NO5/c1-19-2-4-21(5-3-19)26-15-10-23(20-6-13-25(14-7-20)39-30(31,32)33)18-27(26)38-24-11-8-22(9-12-24)29(37)34-17-16-28(35)36/h2-15,18H,16-17H2,1H3,(H,34,37)(H,35,36). The van der Waals surface area contributed by atoms with E-state index in [-0.39, 0.29) is 18.7 Å². The zero-order valence-electron chi connectivity index (χ0n) is 20.8. The number of hydrogen-bond acceptors (Lipinski definition) is 4. The van der Waals surface area contributed by atoms with Crippen LogP contribution in [-0.4, -0.2) is 29.9 Å². The second-order valence-corrected chi connectivity index (χ2v) is 8.68. The van der Waals surface area contributed by atoms with E-state index < -0.39 is 18.2 Å². The molecule has 0 fully saturated rings. The molecule has 0 bridgehead atoms. The highest BCUT2D eigenvalue weighted by Crippen LogP contribution is 2.37. The van der Waals surface area contributed by atoms with Gasteiger partial charge in [0.15, 0.2) is 0 Å². The van der Waals surface area contributed by atoms with E-state index in [1.165, 1.54) is 24.3 Å². The Morgan fingerprint density at radius 2 is 1.38 bits per heavy atom. The minimum atomic E-state index is -4.77. The number of ether oxygens (including phenoxy) is 2. The second-order valence-electron chi connectivity index (χ2n) is 8.68. The summed E-state index contributed by atoms with van der Waals surface area (Å²) in [6.45, 7) is 2.00. The monoisotopic (exact) mass is 535 g/mol. The molecule has 4 rings (SSSR count). The van der Waals surface area contributed by atoms with E-state index in [1.54, 1.807) is 30.3 Å². The Kier molecular flexibility index (Phi) is 8.19. The number of carbonyl (C=O) groups excluding carboxylic acids is 1. The Balaban J connectivity index is 1.61. The molecule has 0 saturated carbocycles. The Bertz CT molecular complexity index is 1450. The van der Waals surface area contributed by atoms with Crippen molar-refractivity contribution in [2.24, 2.45) is 0 Å². The van der Waals surface area contributed by atoms with Crippen LogP contribution in [0.25, 0.3) is 22.3 Å². The third-order valence-corrected chi connectivity index (χ3v) is 5.73. The van der Waals surface area contributed by atoms with Crippen molar-refractivity contribution in [3.05, 3.63) is 102 Å². The molecule has 4 aromatic carbocycles. The van der Waals surface area contributed by atoms with Gasteiger partial charge in [-0.15, -0.1) is 13.2 Å². The number of nitrogens with one attached hydrogen (secondary N) is 1. The maximum atomic E-state index is 12.5. The first-order chi connectivity index (χ1) is 18.6. The lowest BCUT2D eigenvalue weighted by Crippen LogP contribution is -2.25. The number of halogens is 3. The minimum absolute atomic E-state index is 0.0163. The van der Waals surface area contributed by atoms with Crippen LogP contribution in [0, 0.1) is 6.92 Å². The predicted octanol–water partition coefficient (Wildman–Crippen LogP) is 7.22. The van der Waals surface area contributed by atoms with Crippen LogP contribution >= 0.6 is 0 Å². The number of aryl methyl sites for hydroxylation is 1. The van der Waals surface area contributed by atoms with Gasteiger partial charge in [0.2, 0.25) is 0 Å². The van der Waals surface area contributed by atoms with Crippen molar-refractivity contribution in [2.75, 3.05) is 6.54 Å². The fourth-order valence-corrected chi connectivity index (χ4v) is 3.79. The van der Waals surface area contributed by atoms with E-state index in [0.29, 0.717) is 28.2 Å². The number of carboxylic acid groups (broad SMARTS) is 1. The largest absolute Gasteiger partial charge is 0.573 e. The zero-order chi connectivity index (χ0) is 28.0. The second kappa shape index (κ2) is 11.7. The molecule has 0 saturated heterocycles. The molecule has 0 aliphatic rings. The van der Waals surface area contributed by atoms with Crippen LogP contribution in [0.3, 0.4) is 0 Å². The number of hydrogen-bond donors (Lipinski definition) is 2. The van der Waals surface area contributed by atoms with Crippen LogP contribution in [0.5, 0.6) is 17.2 Å². The van der Waals surface area contributed by atoms with Crippen molar-refractivity contribution < 1.29 is 37.3 Å². The molecule has 0 aliphatic heterocycles. The molecule has 200 valence electrons. The molecule has 6 nitrogen and oxygen atoms in total. The summed E-state index contributed by atoms with van der Waals surface area (Å²) in [4.78, 5) is 22.9. The minimum Gasteiger partial charge on any atom is -0.481 e. The number of amides is 1. The van der Waals surface area contributed by atoms with Crippen molar-refractivity contribution in [2.45, 2.75) is 19.7 Å². The fourth-order valence-electron chi connectivity index (χ4n) is 3.79. The van der Waals surface area contributed by atoms with Gasteiger partial charge in [-0.25, -0.2) is 0 Å². The van der Waals surface area contributed by atoms with Gasteiger partial charge in [-0.3, -0.25) is 9.59 Å². The summed E-state index contributed by atoms with van der Waals surface area (Å²) in [6.07, 6.45) is -4.95. The molecule has 0 aromatic heterocycles. The van der Waals surface area contributed by atoms with E-state index >= 15 is 0 Å². The highest BCUT2D eigenvalue weighted by atomic mass is 19.4. The van der Waals surface area contributed by atoms with Gasteiger partial charge < -0.3 is 19.9 Å². The molecule has 0 unspecified atom stereocenters. The summed E-state index contributed by atoms with van der Waals surface area (Å²) < 4.78 is 47.7. The summed E-state index contributed by atoms with van der Waals surface area (Å²) in [7, 11) is 0. The Hall–Kier alpha value is -4.79. The molecule has 2 N–H and O–H groups in total. The van der Waals surface area contributed by atoms with Crippen molar-refractivity contribution in [1.29, 1.82) is 0 Å². The molecular weight excluding hydrogens is 511 g/mol. The first-order valence-electron chi connectivity index (χ1n) is 11.9. The summed E-state index contributed by atoms with van der Waals surface area (Å²) in [5, 5.41) is 11.3. The van der Waals surface area contributed by atoms with Crippen molar-refractivity contribution >= 4 is 11.9 Å². The van der Waals surface area contributed by atoms with E-state index in [9.17, 15) is 22.8 Å². The van der Waals surface area contributed by atoms with Crippen LogP contribution in [0.2, 0.25) is 0 Å². The van der Waals surface area contributed by atoms with Crippen LogP contribution in [0.15, 0.2) is 91.0 Å². The van der Waals surface area contributed by atoms with Crippen molar-refractivity contribution in [3.63, 3.8) is 0 Å². The molecule has 0 aliphatic carbocycles. The average molecular weight is 536 g/mol. The van der Waals surface area contributed by atoms with E-state index in [2.05, 4.69) is 10.1 Å². The number of carboxylic acids is 1. The first-order valence-corrected chi connectivity index (χ1v) is 11.9. The zero-order valence-corrected chi connectivity index (χ0v) is 20.8. The Labute approximate surface area is 222 Å². The number of rotatable bonds is 9. The highest BCUT2D eigenvalue weighted by molar-refractivity contribution is 5.94. The van der Waals surface area contributed by atoms with Gasteiger partial charge in [-0.05, 0) is 66.1 Å². The van der Waals surface area contributed by atoms with Gasteiger partial charge in [-0.2, -0.15) is 0 Å². The van der Waals surface area contributed by atoms with Crippen LogP contribution in [-0.2, 0) is 4.79 Å². The smallest absolute Gasteiger partial charge is 0.481 e. The molecule has 0 heterocycles. The summed E-state index contributed by atoms with van der Waals surface area (Å²) >= 11 is 0. The summed E-state index contributed by atoms with van der Waals surface area (Å²) in [6, 6.07) is 25.3. The van der Waals surface area contributed by atoms with Gasteiger partial charge >= 0.3 is 12.3 Å². The molecule has 0 spiro atoms. The number of benzene rings is 4. The normalized spacial score (nSPS) is 11.1. The quantitative estimate of drug-likeness (QED) is 0.236. The Morgan fingerprint density at radius 1 is 0.795 bits per heavy atom. The lowest BCUT2D eigenvalue weighted by molar-refractivity contribution is -0.274. The third kappa shape index (κ3) is 7.61. The molecule has 39 heavy (non-hydrogen) atoms. The van der Waals surface area contributed by atoms with Crippen LogP contribution < -0.4 is 14.8 Å². The SMILES string of the molecule is Cc1ccc(-c2ccc(-c3ccc(OC(F)(F)F)cc3)cc2Oc2ccc(C(=O)NCCC(=O)O)cc2)cc1. The van der Waals surface area contributed by atoms with Crippen molar-refractivity contribution in [3.8, 4) is 39.5 Å². The maximum absolute atomic E-state index is 12.5. The number of alkyl halides is 3. The molecule has 0 radical (unpaired) electrons. The van der Waals surface area contributed by atoms with Gasteiger partial charge in [0, 0.05) is 17.7 Å². The summed E-state index contributed by atoms with van der Waals surface area (Å²) in [5.41, 5.74) is 4.53. The van der Waals surface area contributed by atoms with E-state index in [1.807, 2.05) is 43.3 Å². The summed E-state index contributed by atoms with van der Waals surface area (Å²) in [5.74, 6) is -0.757. The first kappa shape index (κ1) is 27.3. The number of aliphatic carboxylic acids is 1. The number of carbonyl (C=O) groups is 2. The molecule has 4 aromatic rings. The molecule has 0 atom stereocenters. The third-order valence-electron chi connectivity index (χ3n) is 5.73. The van der Waals surface area contributed by atoms with E-state index in [0.717, 1.165) is 16.7 Å². The van der Waals surface area contributed by atoms with E-state index in [4.69, 9.17) is 9.84 Å². The maximum Gasteiger partial charge on any atom is 0.573 e. The molecular formula is C30H24F3NO5. The molecule has 1 amide bonds. The highest BCUT2D eigenvalue weighted by Gasteiger charge is 2.31. The van der Waals surface area contributed by atoms with Crippen LogP contribution in [0.4, 0.5) is 13.2 Å². The topological polar surface area (TPSA) is 84.9 Å². The van der Waals surface area contributed by atoms with Gasteiger partial charge in [-0.1, -0.05) is 54.1 Å². The Morgan fingerprint density at radius 3 is 2.00 bits per heavy atom. The lowest BCUT2D eigenvalue weighted by Gasteiger charge is -2.15. The predicted molar refractivity (Wildman–Crippen MR) is 140 cm³/mol. The average Bonchev–Trinajstić information content (AvgIpc) is 2.89. The fraction of sp³-hybridized carbons (Fsp3) is 0.133. The van der Waals surface area contributed by atoms with Crippen molar-refractivity contribution in [1.82, 2.24) is 5.32 Å². The lowest BCUT2D eigenvalue weighted by atomic mass is 9.98. The van der Waals surface area contributed by atoms with Gasteiger partial charge in [0.05, 0.1) is 6.42 Å².